The number of carbonyl (C=O) groups is 2. The van der Waals surface area contributed by atoms with Crippen LogP contribution in [0.25, 0.3) is 0 Å². The van der Waals surface area contributed by atoms with E-state index >= 15 is 0 Å². The fourth-order valence-electron chi connectivity index (χ4n) is 2.86. The third kappa shape index (κ3) is 3.62. The molecule has 1 aromatic heterocycles. The van der Waals surface area contributed by atoms with Gasteiger partial charge in [-0.15, -0.1) is 0 Å². The average Bonchev–Trinajstić information content (AvgIpc) is 2.90. The molecule has 1 fully saturated rings. The predicted molar refractivity (Wildman–Crippen MR) is 79.4 cm³/mol. The van der Waals surface area contributed by atoms with Crippen molar-refractivity contribution in [2.75, 3.05) is 13.1 Å². The van der Waals surface area contributed by atoms with Crippen molar-refractivity contribution in [2.24, 2.45) is 13.0 Å². The number of likely N-dealkylation sites (tertiary alicyclic amines) is 1. The van der Waals surface area contributed by atoms with E-state index in [4.69, 9.17) is 0 Å². The van der Waals surface area contributed by atoms with Gasteiger partial charge in [0.25, 0.3) is 0 Å². The topological polar surface area (TPSA) is 67.2 Å². The van der Waals surface area contributed by atoms with E-state index in [-0.39, 0.29) is 23.8 Å². The summed E-state index contributed by atoms with van der Waals surface area (Å²) in [6.07, 6.45) is 4.06. The molecular weight excluding hydrogens is 268 g/mol. The number of hydrogen-bond donors (Lipinski definition) is 1. The second-order valence-electron chi connectivity index (χ2n) is 5.63. The second-order valence-corrected chi connectivity index (χ2v) is 5.63. The molecule has 1 aliphatic heterocycles. The first-order valence-corrected chi connectivity index (χ1v) is 7.56. The van der Waals surface area contributed by atoms with Crippen LogP contribution in [-0.2, 0) is 16.6 Å². The van der Waals surface area contributed by atoms with Crippen LogP contribution in [0.5, 0.6) is 0 Å². The summed E-state index contributed by atoms with van der Waals surface area (Å²) in [4.78, 5) is 25.5. The molecule has 1 saturated heterocycles. The number of nitrogens with one attached hydrogen (secondary N) is 1. The Labute approximate surface area is 125 Å². The third-order valence-corrected chi connectivity index (χ3v) is 4.25. The Morgan fingerprint density at radius 2 is 2.10 bits per heavy atom. The number of carbonyl (C=O) groups excluding carboxylic acids is 2. The van der Waals surface area contributed by atoms with Crippen LogP contribution in [0.1, 0.15) is 44.8 Å². The standard InChI is InChI=1S/C15H24N4O2/c1-4-13(14-5-8-16-18(14)3)17-15(21)12-6-9-19(10-7-12)11(2)20/h5,8,12-13H,4,6-7,9-10H2,1-3H3,(H,17,21). The molecule has 0 aliphatic carbocycles. The predicted octanol–water partition coefficient (Wildman–Crippen LogP) is 1.25. The van der Waals surface area contributed by atoms with E-state index in [0.29, 0.717) is 13.1 Å². The fraction of sp³-hybridized carbons (Fsp3) is 0.667. The Kier molecular flexibility index (Phi) is 4.98. The molecule has 0 saturated carbocycles. The van der Waals surface area contributed by atoms with Crippen molar-refractivity contribution < 1.29 is 9.59 Å². The highest BCUT2D eigenvalue weighted by atomic mass is 16.2. The molecule has 2 amide bonds. The monoisotopic (exact) mass is 292 g/mol. The highest BCUT2D eigenvalue weighted by molar-refractivity contribution is 5.80. The summed E-state index contributed by atoms with van der Waals surface area (Å²) in [7, 11) is 1.88. The Morgan fingerprint density at radius 3 is 2.57 bits per heavy atom. The maximum absolute atomic E-state index is 12.4. The molecule has 6 heteroatoms. The van der Waals surface area contributed by atoms with Crippen LogP contribution in [0.3, 0.4) is 0 Å². The number of piperidine rings is 1. The van der Waals surface area contributed by atoms with Crippen LogP contribution in [0.2, 0.25) is 0 Å². The molecule has 1 aromatic rings. The zero-order chi connectivity index (χ0) is 15.4. The SMILES string of the molecule is CCC(NC(=O)C1CCN(C(C)=O)CC1)c1ccnn1C. The first kappa shape index (κ1) is 15.5. The maximum atomic E-state index is 12.4. The molecular formula is C15H24N4O2. The Morgan fingerprint density at radius 1 is 1.43 bits per heavy atom. The van der Waals surface area contributed by atoms with Crippen molar-refractivity contribution in [1.82, 2.24) is 20.0 Å². The highest BCUT2D eigenvalue weighted by Crippen LogP contribution is 2.21. The van der Waals surface area contributed by atoms with Crippen LogP contribution < -0.4 is 5.32 Å². The molecule has 2 heterocycles. The lowest BCUT2D eigenvalue weighted by molar-refractivity contribution is -0.134. The highest BCUT2D eigenvalue weighted by Gasteiger charge is 2.27. The number of nitrogens with zero attached hydrogens (tertiary/aromatic N) is 3. The van der Waals surface area contributed by atoms with Crippen molar-refractivity contribution in [2.45, 2.75) is 39.2 Å². The summed E-state index contributed by atoms with van der Waals surface area (Å²) in [5.74, 6) is 0.185. The van der Waals surface area contributed by atoms with E-state index < -0.39 is 0 Å². The van der Waals surface area contributed by atoms with Gasteiger partial charge in [0.05, 0.1) is 11.7 Å². The maximum Gasteiger partial charge on any atom is 0.223 e. The van der Waals surface area contributed by atoms with Gasteiger partial charge in [-0.25, -0.2) is 0 Å². The molecule has 116 valence electrons. The molecule has 0 bridgehead atoms. The number of amides is 2. The van der Waals surface area contributed by atoms with Crippen LogP contribution in [0.4, 0.5) is 0 Å². The minimum atomic E-state index is -0.00385. The van der Waals surface area contributed by atoms with Gasteiger partial charge in [0, 0.05) is 39.2 Å². The quantitative estimate of drug-likeness (QED) is 0.908. The lowest BCUT2D eigenvalue weighted by atomic mass is 9.95. The smallest absolute Gasteiger partial charge is 0.223 e. The molecule has 1 atom stereocenters. The molecule has 6 nitrogen and oxygen atoms in total. The second kappa shape index (κ2) is 6.74. The van der Waals surface area contributed by atoms with E-state index in [1.165, 1.54) is 0 Å². The van der Waals surface area contributed by atoms with Gasteiger partial charge in [-0.1, -0.05) is 6.92 Å². The third-order valence-electron chi connectivity index (χ3n) is 4.25. The van der Waals surface area contributed by atoms with E-state index in [2.05, 4.69) is 17.3 Å². The van der Waals surface area contributed by atoms with Gasteiger partial charge in [0.2, 0.25) is 11.8 Å². The van der Waals surface area contributed by atoms with Gasteiger partial charge in [-0.2, -0.15) is 5.10 Å². The first-order valence-electron chi connectivity index (χ1n) is 7.56. The largest absolute Gasteiger partial charge is 0.348 e. The van der Waals surface area contributed by atoms with Gasteiger partial charge in [0.15, 0.2) is 0 Å². The molecule has 21 heavy (non-hydrogen) atoms. The molecule has 0 radical (unpaired) electrons. The van der Waals surface area contributed by atoms with Crippen LogP contribution in [0.15, 0.2) is 12.3 Å². The van der Waals surface area contributed by atoms with Crippen LogP contribution in [-0.4, -0.2) is 39.6 Å². The normalized spacial score (nSPS) is 17.6. The van der Waals surface area contributed by atoms with Crippen molar-refractivity contribution in [3.05, 3.63) is 18.0 Å². The Bertz CT molecular complexity index is 504. The van der Waals surface area contributed by atoms with E-state index in [1.807, 2.05) is 18.0 Å². The molecule has 1 N–H and O–H groups in total. The number of rotatable bonds is 4. The van der Waals surface area contributed by atoms with Gasteiger partial charge in [0.1, 0.15) is 0 Å². The molecule has 0 spiro atoms. The molecule has 1 unspecified atom stereocenters. The van der Waals surface area contributed by atoms with E-state index in [1.54, 1.807) is 17.8 Å². The summed E-state index contributed by atoms with van der Waals surface area (Å²) >= 11 is 0. The lowest BCUT2D eigenvalue weighted by Gasteiger charge is -2.31. The minimum absolute atomic E-state index is 0.00266. The summed E-state index contributed by atoms with van der Waals surface area (Å²) in [6.45, 7) is 4.98. The van der Waals surface area contributed by atoms with Crippen LogP contribution in [0, 0.1) is 5.92 Å². The number of hydrogen-bond acceptors (Lipinski definition) is 3. The van der Waals surface area contributed by atoms with Crippen molar-refractivity contribution >= 4 is 11.8 Å². The van der Waals surface area contributed by atoms with Gasteiger partial charge >= 0.3 is 0 Å². The van der Waals surface area contributed by atoms with Gasteiger partial charge in [-0.05, 0) is 25.3 Å². The zero-order valence-corrected chi connectivity index (χ0v) is 13.0. The minimum Gasteiger partial charge on any atom is -0.348 e. The Balaban J connectivity index is 1.92. The molecule has 2 rings (SSSR count). The first-order chi connectivity index (χ1) is 10.0. The fourth-order valence-corrected chi connectivity index (χ4v) is 2.86. The van der Waals surface area contributed by atoms with E-state index in [9.17, 15) is 9.59 Å². The van der Waals surface area contributed by atoms with Crippen molar-refractivity contribution in [1.29, 1.82) is 0 Å². The van der Waals surface area contributed by atoms with Gasteiger partial charge < -0.3 is 10.2 Å². The van der Waals surface area contributed by atoms with Crippen molar-refractivity contribution in [3.63, 3.8) is 0 Å². The number of aromatic nitrogens is 2. The molecule has 0 aromatic carbocycles. The molecule has 1 aliphatic rings. The number of aryl methyl sites for hydroxylation is 1. The van der Waals surface area contributed by atoms with Crippen LogP contribution >= 0.6 is 0 Å². The summed E-state index contributed by atoms with van der Waals surface area (Å²) in [5.41, 5.74) is 1.02. The van der Waals surface area contributed by atoms with Gasteiger partial charge in [-0.3, -0.25) is 14.3 Å². The average molecular weight is 292 g/mol. The summed E-state index contributed by atoms with van der Waals surface area (Å²) in [5, 5.41) is 7.28. The summed E-state index contributed by atoms with van der Waals surface area (Å²) < 4.78 is 1.80. The van der Waals surface area contributed by atoms with Crippen molar-refractivity contribution in [3.8, 4) is 0 Å². The Hall–Kier alpha value is -1.85. The zero-order valence-electron chi connectivity index (χ0n) is 13.0. The summed E-state index contributed by atoms with van der Waals surface area (Å²) in [6, 6.07) is 1.93. The lowest BCUT2D eigenvalue weighted by Crippen LogP contribution is -2.43. The van der Waals surface area contributed by atoms with E-state index in [0.717, 1.165) is 25.0 Å².